The molecular weight excluding hydrogens is 324 g/mol. The lowest BCUT2D eigenvalue weighted by molar-refractivity contribution is -0.129. The van der Waals surface area contributed by atoms with Crippen molar-refractivity contribution in [2.24, 2.45) is 29.4 Å². The van der Waals surface area contributed by atoms with Crippen molar-refractivity contribution in [3.8, 4) is 0 Å². The van der Waals surface area contributed by atoms with Crippen LogP contribution in [-0.2, 0) is 9.59 Å². The van der Waals surface area contributed by atoms with Crippen molar-refractivity contribution in [2.45, 2.75) is 52.4 Å². The molecule has 0 aliphatic heterocycles. The maximum Gasteiger partial charge on any atom is 0.223 e. The molecular formula is C22H34N2O2. The summed E-state index contributed by atoms with van der Waals surface area (Å²) in [6, 6.07) is 9.71. The lowest BCUT2D eigenvalue weighted by Crippen LogP contribution is -2.41. The molecule has 144 valence electrons. The van der Waals surface area contributed by atoms with E-state index in [9.17, 15) is 9.59 Å². The fraction of sp³-hybridized carbons (Fsp3) is 0.636. The fourth-order valence-corrected chi connectivity index (χ4v) is 4.32. The molecule has 0 spiro atoms. The number of benzene rings is 1. The summed E-state index contributed by atoms with van der Waals surface area (Å²) in [4.78, 5) is 25.0. The van der Waals surface area contributed by atoms with E-state index in [1.165, 1.54) is 6.42 Å². The highest BCUT2D eigenvalue weighted by Gasteiger charge is 2.35. The monoisotopic (exact) mass is 358 g/mol. The molecule has 2 rings (SSSR count). The summed E-state index contributed by atoms with van der Waals surface area (Å²) >= 11 is 0. The number of carbonyl (C=O) groups is 2. The van der Waals surface area contributed by atoms with Crippen LogP contribution in [0.5, 0.6) is 0 Å². The molecule has 0 saturated heterocycles. The summed E-state index contributed by atoms with van der Waals surface area (Å²) in [5.74, 6) is 1.62. The van der Waals surface area contributed by atoms with Crippen LogP contribution < -0.4 is 11.1 Å². The molecule has 4 nitrogen and oxygen atoms in total. The minimum atomic E-state index is -0.243. The first-order valence-corrected chi connectivity index (χ1v) is 9.99. The molecule has 1 aliphatic carbocycles. The Morgan fingerprint density at radius 1 is 1.19 bits per heavy atom. The van der Waals surface area contributed by atoms with Crippen molar-refractivity contribution in [3.05, 3.63) is 35.9 Å². The lowest BCUT2D eigenvalue weighted by Gasteiger charge is -2.36. The van der Waals surface area contributed by atoms with E-state index in [1.807, 2.05) is 30.3 Å². The van der Waals surface area contributed by atoms with Crippen molar-refractivity contribution >= 4 is 11.7 Å². The van der Waals surface area contributed by atoms with Gasteiger partial charge in [0.1, 0.15) is 0 Å². The van der Waals surface area contributed by atoms with Crippen molar-refractivity contribution in [1.82, 2.24) is 5.32 Å². The van der Waals surface area contributed by atoms with Crippen molar-refractivity contribution < 1.29 is 9.59 Å². The number of hydrogen-bond acceptors (Lipinski definition) is 3. The van der Waals surface area contributed by atoms with Crippen LogP contribution in [0, 0.1) is 23.7 Å². The van der Waals surface area contributed by atoms with Crippen molar-refractivity contribution in [3.63, 3.8) is 0 Å². The number of carbonyl (C=O) groups excluding carboxylic acids is 2. The van der Waals surface area contributed by atoms with Crippen LogP contribution in [0.25, 0.3) is 0 Å². The van der Waals surface area contributed by atoms with Crippen LogP contribution in [0.2, 0.25) is 0 Å². The van der Waals surface area contributed by atoms with Gasteiger partial charge in [-0.2, -0.15) is 0 Å². The van der Waals surface area contributed by atoms with E-state index in [2.05, 4.69) is 26.1 Å². The van der Waals surface area contributed by atoms with Crippen molar-refractivity contribution in [1.29, 1.82) is 0 Å². The van der Waals surface area contributed by atoms with Gasteiger partial charge in [-0.05, 0) is 42.6 Å². The second kappa shape index (κ2) is 9.86. The topological polar surface area (TPSA) is 72.2 Å². The molecule has 26 heavy (non-hydrogen) atoms. The molecule has 1 unspecified atom stereocenters. The molecule has 0 radical (unpaired) electrons. The average Bonchev–Trinajstić information content (AvgIpc) is 2.64. The average molecular weight is 359 g/mol. The van der Waals surface area contributed by atoms with Gasteiger partial charge in [0.25, 0.3) is 0 Å². The van der Waals surface area contributed by atoms with E-state index >= 15 is 0 Å². The minimum absolute atomic E-state index is 0.0248. The highest BCUT2D eigenvalue weighted by Crippen LogP contribution is 2.38. The summed E-state index contributed by atoms with van der Waals surface area (Å²) in [5.41, 5.74) is 6.56. The summed E-state index contributed by atoms with van der Waals surface area (Å²) in [6.45, 7) is 7.21. The predicted octanol–water partition coefficient (Wildman–Crippen LogP) is 3.51. The standard InChI is InChI=1S/C22H34N2O2/c1-15(2)18-10-9-16(3)13-20(18)22(26)24-12-11-19(21(25)14-23)17-7-5-4-6-8-17/h4-8,15-16,18-20H,9-14,23H2,1-3H3,(H,24,26)/t16-,18+,19?,20-/m1/s1. The van der Waals surface area contributed by atoms with Crippen LogP contribution in [0.3, 0.4) is 0 Å². The molecule has 0 heterocycles. The Labute approximate surface area is 157 Å². The Hall–Kier alpha value is -1.68. The third-order valence-corrected chi connectivity index (χ3v) is 5.88. The van der Waals surface area contributed by atoms with Crippen molar-refractivity contribution in [2.75, 3.05) is 13.1 Å². The van der Waals surface area contributed by atoms with Crippen LogP contribution >= 0.6 is 0 Å². The van der Waals surface area contributed by atoms with Crippen LogP contribution in [0.1, 0.15) is 57.9 Å². The van der Waals surface area contributed by atoms with Gasteiger partial charge >= 0.3 is 0 Å². The predicted molar refractivity (Wildman–Crippen MR) is 106 cm³/mol. The molecule has 1 saturated carbocycles. The molecule has 0 bridgehead atoms. The quantitative estimate of drug-likeness (QED) is 0.747. The fourth-order valence-electron chi connectivity index (χ4n) is 4.32. The van der Waals surface area contributed by atoms with Gasteiger partial charge in [-0.25, -0.2) is 0 Å². The lowest BCUT2D eigenvalue weighted by atomic mass is 9.70. The zero-order valence-electron chi connectivity index (χ0n) is 16.4. The molecule has 1 amide bonds. The summed E-state index contributed by atoms with van der Waals surface area (Å²) in [5, 5.41) is 3.11. The SMILES string of the molecule is CC(C)[C@@H]1CC[C@@H](C)C[C@H]1C(=O)NCCC(C(=O)CN)c1ccccc1. The third-order valence-electron chi connectivity index (χ3n) is 5.88. The first-order chi connectivity index (χ1) is 12.4. The highest BCUT2D eigenvalue weighted by atomic mass is 16.2. The van der Waals surface area contributed by atoms with Gasteiger partial charge < -0.3 is 11.1 Å². The van der Waals surface area contributed by atoms with Gasteiger partial charge in [0.2, 0.25) is 5.91 Å². The molecule has 1 aromatic rings. The van der Waals surface area contributed by atoms with E-state index in [4.69, 9.17) is 5.73 Å². The maximum atomic E-state index is 12.8. The first kappa shape index (κ1) is 20.6. The molecule has 0 aromatic heterocycles. The zero-order chi connectivity index (χ0) is 19.1. The number of ketones is 1. The molecule has 4 heteroatoms. The third kappa shape index (κ3) is 5.41. The number of amides is 1. The Kier molecular flexibility index (Phi) is 7.83. The first-order valence-electron chi connectivity index (χ1n) is 9.99. The highest BCUT2D eigenvalue weighted by molar-refractivity contribution is 5.87. The normalized spacial score (nSPS) is 24.3. The Morgan fingerprint density at radius 2 is 1.88 bits per heavy atom. The van der Waals surface area contributed by atoms with Gasteiger partial charge in [0, 0.05) is 18.4 Å². The van der Waals surface area contributed by atoms with Gasteiger partial charge in [-0.3, -0.25) is 9.59 Å². The molecule has 3 N–H and O–H groups in total. The Morgan fingerprint density at radius 3 is 2.50 bits per heavy atom. The molecule has 1 aromatic carbocycles. The van der Waals surface area contributed by atoms with E-state index in [-0.39, 0.29) is 30.1 Å². The largest absolute Gasteiger partial charge is 0.356 e. The number of Topliss-reactive ketones (excluding diaryl/α,β-unsaturated/α-hetero) is 1. The number of nitrogens with two attached hydrogens (primary N) is 1. The Bertz CT molecular complexity index is 585. The summed E-state index contributed by atoms with van der Waals surface area (Å²) in [7, 11) is 0. The minimum Gasteiger partial charge on any atom is -0.356 e. The molecule has 1 fully saturated rings. The number of nitrogens with one attached hydrogen (secondary N) is 1. The van der Waals surface area contributed by atoms with E-state index in [0.717, 1.165) is 18.4 Å². The van der Waals surface area contributed by atoms with E-state index < -0.39 is 0 Å². The summed E-state index contributed by atoms with van der Waals surface area (Å²) in [6.07, 6.45) is 3.92. The Balaban J connectivity index is 1.95. The number of hydrogen-bond donors (Lipinski definition) is 2. The zero-order valence-corrected chi connectivity index (χ0v) is 16.4. The van der Waals surface area contributed by atoms with Crippen LogP contribution in [-0.4, -0.2) is 24.8 Å². The maximum absolute atomic E-state index is 12.8. The van der Waals surface area contributed by atoms with Gasteiger partial charge in [0.05, 0.1) is 6.54 Å². The van der Waals surface area contributed by atoms with Crippen LogP contribution in [0.4, 0.5) is 0 Å². The summed E-state index contributed by atoms with van der Waals surface area (Å²) < 4.78 is 0. The second-order valence-electron chi connectivity index (χ2n) is 8.15. The van der Waals surface area contributed by atoms with Gasteiger partial charge in [0.15, 0.2) is 5.78 Å². The number of rotatable bonds is 8. The van der Waals surface area contributed by atoms with Gasteiger partial charge in [-0.1, -0.05) is 57.5 Å². The molecule has 1 aliphatic rings. The van der Waals surface area contributed by atoms with Crippen LogP contribution in [0.15, 0.2) is 30.3 Å². The smallest absolute Gasteiger partial charge is 0.223 e. The molecule has 4 atom stereocenters. The second-order valence-corrected chi connectivity index (χ2v) is 8.15. The van der Waals surface area contributed by atoms with E-state index in [0.29, 0.717) is 30.7 Å². The van der Waals surface area contributed by atoms with Gasteiger partial charge in [-0.15, -0.1) is 0 Å². The van der Waals surface area contributed by atoms with E-state index in [1.54, 1.807) is 0 Å².